The van der Waals surface area contributed by atoms with Crippen molar-refractivity contribution in [2.45, 2.75) is 26.3 Å². The molecule has 0 spiro atoms. The van der Waals surface area contributed by atoms with Gasteiger partial charge in [-0.3, -0.25) is 4.79 Å². The molecular formula is C17H17BrN4O. The normalized spacial score (nSPS) is 12.3. The summed E-state index contributed by atoms with van der Waals surface area (Å²) in [5.74, 6) is -0.213. The number of fused-ring (bicyclic) bond motifs is 1. The fraction of sp³-hybridized carbons (Fsp3) is 0.235. The minimum Gasteiger partial charge on any atom is -0.344 e. The Hall–Kier alpha value is -2.21. The number of carbonyl (C=O) groups excluding carboxylic acids is 1. The molecule has 1 aromatic carbocycles. The van der Waals surface area contributed by atoms with E-state index in [4.69, 9.17) is 0 Å². The second-order valence-electron chi connectivity index (χ2n) is 5.40. The summed E-state index contributed by atoms with van der Waals surface area (Å²) in [7, 11) is 0. The number of nitrogens with zero attached hydrogens (tertiary/aromatic N) is 3. The van der Waals surface area contributed by atoms with Crippen molar-refractivity contribution in [1.82, 2.24) is 19.9 Å². The number of rotatable bonds is 4. The maximum atomic E-state index is 12.6. The van der Waals surface area contributed by atoms with Crippen LogP contribution in [0.5, 0.6) is 0 Å². The molecule has 0 aliphatic rings. The van der Waals surface area contributed by atoms with E-state index in [0.29, 0.717) is 15.8 Å². The number of benzene rings is 1. The van der Waals surface area contributed by atoms with E-state index in [2.05, 4.69) is 43.5 Å². The second-order valence-corrected chi connectivity index (χ2v) is 6.19. The molecule has 0 radical (unpaired) electrons. The van der Waals surface area contributed by atoms with Crippen molar-refractivity contribution in [2.75, 3.05) is 0 Å². The monoisotopic (exact) mass is 372 g/mol. The molecule has 3 rings (SSSR count). The molecule has 0 fully saturated rings. The highest BCUT2D eigenvalue weighted by Crippen LogP contribution is 2.23. The number of hydrogen-bond acceptors (Lipinski definition) is 3. The lowest BCUT2D eigenvalue weighted by atomic mass is 10.0. The lowest BCUT2D eigenvalue weighted by Crippen LogP contribution is -2.28. The number of nitrogens with one attached hydrogen (secondary N) is 1. The molecule has 0 aliphatic heterocycles. The van der Waals surface area contributed by atoms with E-state index in [9.17, 15) is 4.79 Å². The van der Waals surface area contributed by atoms with Gasteiger partial charge in [0.15, 0.2) is 11.3 Å². The van der Waals surface area contributed by atoms with Crippen LogP contribution in [0.1, 0.15) is 41.0 Å². The van der Waals surface area contributed by atoms with Crippen LogP contribution in [0.15, 0.2) is 47.2 Å². The van der Waals surface area contributed by atoms with Gasteiger partial charge in [0.2, 0.25) is 0 Å². The molecule has 3 aromatic rings. The van der Waals surface area contributed by atoms with Crippen LogP contribution in [0.2, 0.25) is 0 Å². The minimum atomic E-state index is -0.213. The largest absolute Gasteiger partial charge is 0.344 e. The maximum absolute atomic E-state index is 12.6. The number of carbonyl (C=O) groups is 1. The summed E-state index contributed by atoms with van der Waals surface area (Å²) in [4.78, 5) is 16.8. The highest BCUT2D eigenvalue weighted by molar-refractivity contribution is 9.10. The van der Waals surface area contributed by atoms with Crippen molar-refractivity contribution in [2.24, 2.45) is 0 Å². The van der Waals surface area contributed by atoms with Crippen molar-refractivity contribution in [3.63, 3.8) is 0 Å². The number of amides is 1. The van der Waals surface area contributed by atoms with Gasteiger partial charge < -0.3 is 5.32 Å². The Labute approximate surface area is 142 Å². The smallest absolute Gasteiger partial charge is 0.273 e. The topological polar surface area (TPSA) is 59.3 Å². The number of aromatic nitrogens is 3. The summed E-state index contributed by atoms with van der Waals surface area (Å²) < 4.78 is 2.20. The average molecular weight is 373 g/mol. The SMILES string of the molecule is CCC(NC(=O)c1nn2cccnc2c1Br)c1ccc(C)cc1. The van der Waals surface area contributed by atoms with Gasteiger partial charge in [0.25, 0.3) is 5.91 Å². The predicted molar refractivity (Wildman–Crippen MR) is 92.4 cm³/mol. The van der Waals surface area contributed by atoms with E-state index >= 15 is 0 Å². The van der Waals surface area contributed by atoms with E-state index in [0.717, 1.165) is 12.0 Å². The molecule has 23 heavy (non-hydrogen) atoms. The Kier molecular flexibility index (Phi) is 4.43. The third kappa shape index (κ3) is 3.12. The van der Waals surface area contributed by atoms with Gasteiger partial charge >= 0.3 is 0 Å². The summed E-state index contributed by atoms with van der Waals surface area (Å²) >= 11 is 3.42. The Balaban J connectivity index is 1.86. The van der Waals surface area contributed by atoms with Gasteiger partial charge in [0.1, 0.15) is 0 Å². The van der Waals surface area contributed by atoms with Gasteiger partial charge in [-0.1, -0.05) is 36.8 Å². The van der Waals surface area contributed by atoms with Gasteiger partial charge in [-0.05, 0) is 40.9 Å². The summed E-state index contributed by atoms with van der Waals surface area (Å²) in [5.41, 5.74) is 3.25. The lowest BCUT2D eigenvalue weighted by molar-refractivity contribution is 0.0929. The summed E-state index contributed by atoms with van der Waals surface area (Å²) in [6.07, 6.45) is 4.24. The van der Waals surface area contributed by atoms with Gasteiger partial charge in [-0.15, -0.1) is 0 Å². The highest BCUT2D eigenvalue weighted by Gasteiger charge is 2.21. The van der Waals surface area contributed by atoms with E-state index in [1.807, 2.05) is 26.0 Å². The van der Waals surface area contributed by atoms with Crippen molar-refractivity contribution in [3.8, 4) is 0 Å². The summed E-state index contributed by atoms with van der Waals surface area (Å²) in [6, 6.07) is 9.92. The molecule has 0 saturated heterocycles. The molecule has 1 atom stereocenters. The van der Waals surface area contributed by atoms with E-state index in [1.54, 1.807) is 23.0 Å². The van der Waals surface area contributed by atoms with Crippen LogP contribution in [0.3, 0.4) is 0 Å². The third-order valence-corrected chi connectivity index (χ3v) is 4.48. The molecule has 1 N–H and O–H groups in total. The van der Waals surface area contributed by atoms with E-state index in [1.165, 1.54) is 5.56 Å². The van der Waals surface area contributed by atoms with Gasteiger partial charge in [-0.2, -0.15) is 5.10 Å². The van der Waals surface area contributed by atoms with Crippen LogP contribution in [0, 0.1) is 6.92 Å². The molecule has 2 aromatic heterocycles. The average Bonchev–Trinajstić information content (AvgIpc) is 2.91. The first kappa shape index (κ1) is 15.7. The highest BCUT2D eigenvalue weighted by atomic mass is 79.9. The zero-order chi connectivity index (χ0) is 16.4. The molecule has 1 unspecified atom stereocenters. The van der Waals surface area contributed by atoms with Gasteiger partial charge in [0, 0.05) is 12.4 Å². The van der Waals surface area contributed by atoms with Crippen molar-refractivity contribution >= 4 is 27.5 Å². The molecular weight excluding hydrogens is 356 g/mol. The van der Waals surface area contributed by atoms with E-state index < -0.39 is 0 Å². The molecule has 0 saturated carbocycles. The standard InChI is InChI=1S/C17H17BrN4O/c1-3-13(12-7-5-11(2)6-8-12)20-17(23)15-14(18)16-19-9-4-10-22(16)21-15/h4-10,13H,3H2,1-2H3,(H,20,23). The molecule has 1 amide bonds. The third-order valence-electron chi connectivity index (χ3n) is 3.75. The lowest BCUT2D eigenvalue weighted by Gasteiger charge is -2.17. The Morgan fingerprint density at radius 2 is 2.09 bits per heavy atom. The van der Waals surface area contributed by atoms with Crippen molar-refractivity contribution in [1.29, 1.82) is 0 Å². The number of halogens is 1. The minimum absolute atomic E-state index is 0.0484. The quantitative estimate of drug-likeness (QED) is 0.759. The molecule has 0 bridgehead atoms. The predicted octanol–water partition coefficient (Wildman–Crippen LogP) is 3.68. The maximum Gasteiger partial charge on any atom is 0.273 e. The number of hydrogen-bond donors (Lipinski definition) is 1. The van der Waals surface area contributed by atoms with Crippen LogP contribution >= 0.6 is 15.9 Å². The van der Waals surface area contributed by atoms with Crippen molar-refractivity contribution in [3.05, 3.63) is 64.0 Å². The molecule has 0 aliphatic carbocycles. The van der Waals surface area contributed by atoms with Crippen LogP contribution in [0.4, 0.5) is 0 Å². The first-order chi connectivity index (χ1) is 11.1. The Morgan fingerprint density at radius 1 is 1.35 bits per heavy atom. The Bertz CT molecular complexity index is 841. The summed E-state index contributed by atoms with van der Waals surface area (Å²) in [6.45, 7) is 4.09. The molecule has 6 heteroatoms. The fourth-order valence-electron chi connectivity index (χ4n) is 2.45. The van der Waals surface area contributed by atoms with E-state index in [-0.39, 0.29) is 11.9 Å². The zero-order valence-corrected chi connectivity index (χ0v) is 14.5. The van der Waals surface area contributed by atoms with Gasteiger partial charge in [0.05, 0.1) is 10.5 Å². The summed E-state index contributed by atoms with van der Waals surface area (Å²) in [5, 5.41) is 7.35. The molecule has 118 valence electrons. The van der Waals surface area contributed by atoms with Crippen LogP contribution < -0.4 is 5.32 Å². The van der Waals surface area contributed by atoms with Crippen LogP contribution in [-0.2, 0) is 0 Å². The van der Waals surface area contributed by atoms with Gasteiger partial charge in [-0.25, -0.2) is 9.50 Å². The first-order valence-corrected chi connectivity index (χ1v) is 8.25. The fourth-order valence-corrected chi connectivity index (χ4v) is 2.99. The zero-order valence-electron chi connectivity index (χ0n) is 13.0. The Morgan fingerprint density at radius 3 is 2.74 bits per heavy atom. The second kappa shape index (κ2) is 6.50. The van der Waals surface area contributed by atoms with Crippen LogP contribution in [0.25, 0.3) is 5.65 Å². The molecule has 2 heterocycles. The van der Waals surface area contributed by atoms with Crippen molar-refractivity contribution < 1.29 is 4.79 Å². The molecule has 5 nitrogen and oxygen atoms in total. The number of aryl methyl sites for hydroxylation is 1. The van der Waals surface area contributed by atoms with Crippen LogP contribution in [-0.4, -0.2) is 20.5 Å². The first-order valence-electron chi connectivity index (χ1n) is 7.46.